The molecule has 2 aromatic carbocycles. The molecule has 0 aliphatic heterocycles. The van der Waals surface area contributed by atoms with Crippen LogP contribution >= 0.6 is 34.8 Å². The van der Waals surface area contributed by atoms with Gasteiger partial charge in [0.2, 0.25) is 0 Å². The van der Waals surface area contributed by atoms with Crippen LogP contribution in [-0.4, -0.2) is 26.7 Å². The number of carbonyl (C=O) groups is 2. The van der Waals surface area contributed by atoms with E-state index in [1.54, 1.807) is 31.3 Å². The number of carboxylic acids is 1. The summed E-state index contributed by atoms with van der Waals surface area (Å²) in [5, 5.41) is 14.2. The molecule has 35 heavy (non-hydrogen) atoms. The Labute approximate surface area is 214 Å². The minimum atomic E-state index is -2.06. The maximum Gasteiger partial charge on any atom is 0.328 e. The van der Waals surface area contributed by atoms with Gasteiger partial charge in [-0.1, -0.05) is 52.1 Å². The summed E-state index contributed by atoms with van der Waals surface area (Å²) >= 11 is 18.8. The molecule has 0 saturated carbocycles. The van der Waals surface area contributed by atoms with E-state index in [9.17, 15) is 9.59 Å². The molecule has 0 bridgehead atoms. The van der Waals surface area contributed by atoms with Gasteiger partial charge in [0.1, 0.15) is 11.3 Å². The van der Waals surface area contributed by atoms with Crippen molar-refractivity contribution in [2.24, 2.45) is 0 Å². The Morgan fingerprint density at radius 1 is 1.17 bits per heavy atom. The second kappa shape index (κ2) is 9.15. The molecule has 6 nitrogen and oxygen atoms in total. The molecule has 0 unspecified atom stereocenters. The van der Waals surface area contributed by atoms with Crippen molar-refractivity contribution in [2.45, 2.75) is 26.4 Å². The lowest BCUT2D eigenvalue weighted by molar-refractivity contribution is -0.131. The summed E-state index contributed by atoms with van der Waals surface area (Å²) in [7, 11) is 0. The molecular formula is C25H18Cl3FN2O4. The van der Waals surface area contributed by atoms with Crippen molar-refractivity contribution < 1.29 is 23.6 Å². The second-order valence-corrected chi connectivity index (χ2v) is 9.60. The van der Waals surface area contributed by atoms with Crippen molar-refractivity contribution in [1.29, 1.82) is 0 Å². The number of rotatable bonds is 5. The van der Waals surface area contributed by atoms with Crippen LogP contribution in [0.15, 0.2) is 47.1 Å². The quantitative estimate of drug-likeness (QED) is 0.267. The van der Waals surface area contributed by atoms with Crippen LogP contribution in [0.5, 0.6) is 0 Å². The molecule has 4 aromatic rings. The Morgan fingerprint density at radius 3 is 2.43 bits per heavy atom. The van der Waals surface area contributed by atoms with E-state index in [1.807, 2.05) is 0 Å². The Bertz CT molecular complexity index is 1510. The van der Waals surface area contributed by atoms with Crippen LogP contribution in [0, 0.1) is 6.92 Å². The lowest BCUT2D eigenvalue weighted by Gasteiger charge is -2.14. The average molecular weight is 536 g/mol. The number of halogens is 4. The van der Waals surface area contributed by atoms with Gasteiger partial charge < -0.3 is 9.63 Å². The molecule has 0 saturated heterocycles. The number of benzene rings is 2. The largest absolute Gasteiger partial charge is 0.478 e. The third-order valence-corrected chi connectivity index (χ3v) is 6.18. The Hall–Kier alpha value is -3.13. The van der Waals surface area contributed by atoms with Crippen LogP contribution in [-0.2, 0) is 10.5 Å². The molecule has 4 rings (SSSR count). The predicted octanol–water partition coefficient (Wildman–Crippen LogP) is 7.56. The first-order valence-electron chi connectivity index (χ1n) is 10.3. The highest BCUT2D eigenvalue weighted by atomic mass is 35.5. The van der Waals surface area contributed by atoms with Crippen LogP contribution in [0.4, 0.5) is 4.39 Å². The molecule has 1 N–H and O–H groups in total. The SMILES string of the molecule is Cc1cn(C(=O)c2c(-c3c(Cl)cc(Cl)cc3Cl)noc2C(C)(C)F)c2cccc(/C=C/C(=O)O)c12. The maximum absolute atomic E-state index is 15.2. The Balaban J connectivity index is 1.98. The van der Waals surface area contributed by atoms with E-state index < -0.39 is 17.5 Å². The number of carbonyl (C=O) groups excluding carboxylic acids is 1. The number of aliphatic carboxylic acids is 1. The molecule has 0 aliphatic rings. The summed E-state index contributed by atoms with van der Waals surface area (Å²) in [4.78, 5) is 24.9. The standard InChI is InChI=1S/C25H18Cl3FN2O4/c1-12-11-31(17-6-4-5-13(19(12)17)7-8-18(32)33)24(34)21-22(30-35-23(21)25(2,3)29)20-15(27)9-14(26)10-16(20)28/h4-11H,1-3H3,(H,32,33)/b8-7+. The normalized spacial score (nSPS) is 12.1. The van der Waals surface area contributed by atoms with Gasteiger partial charge >= 0.3 is 5.97 Å². The summed E-state index contributed by atoms with van der Waals surface area (Å²) in [5.74, 6) is -2.02. The van der Waals surface area contributed by atoms with Gasteiger partial charge in [0.25, 0.3) is 5.91 Å². The molecule has 0 radical (unpaired) electrons. The smallest absolute Gasteiger partial charge is 0.328 e. The van der Waals surface area contributed by atoms with Gasteiger partial charge in [-0.05, 0) is 56.2 Å². The predicted molar refractivity (Wildman–Crippen MR) is 134 cm³/mol. The molecule has 0 spiro atoms. The maximum atomic E-state index is 15.2. The van der Waals surface area contributed by atoms with Crippen LogP contribution < -0.4 is 0 Å². The first kappa shape index (κ1) is 25.0. The van der Waals surface area contributed by atoms with Gasteiger partial charge in [-0.15, -0.1) is 0 Å². The number of aromatic nitrogens is 2. The first-order valence-corrected chi connectivity index (χ1v) is 11.4. The Kier molecular flexibility index (Phi) is 6.53. The van der Waals surface area contributed by atoms with Gasteiger partial charge in [-0.3, -0.25) is 9.36 Å². The van der Waals surface area contributed by atoms with E-state index in [0.717, 1.165) is 6.08 Å². The van der Waals surface area contributed by atoms with Crippen molar-refractivity contribution in [2.75, 3.05) is 0 Å². The Morgan fingerprint density at radius 2 is 1.83 bits per heavy atom. The molecule has 0 amide bonds. The van der Waals surface area contributed by atoms with E-state index in [2.05, 4.69) is 5.16 Å². The summed E-state index contributed by atoms with van der Waals surface area (Å²) in [5.41, 5.74) is -0.248. The highest BCUT2D eigenvalue weighted by Crippen LogP contribution is 2.42. The van der Waals surface area contributed by atoms with Gasteiger partial charge in [0.15, 0.2) is 11.4 Å². The molecular weight excluding hydrogens is 518 g/mol. The zero-order chi connectivity index (χ0) is 25.7. The summed E-state index contributed by atoms with van der Waals surface area (Å²) in [6.45, 7) is 4.27. The number of hydrogen-bond acceptors (Lipinski definition) is 4. The van der Waals surface area contributed by atoms with Crippen molar-refractivity contribution in [3.63, 3.8) is 0 Å². The minimum absolute atomic E-state index is 0.0242. The van der Waals surface area contributed by atoms with E-state index in [4.69, 9.17) is 44.4 Å². The van der Waals surface area contributed by atoms with Crippen molar-refractivity contribution in [3.8, 4) is 11.3 Å². The summed E-state index contributed by atoms with van der Waals surface area (Å²) in [6, 6.07) is 7.99. The number of alkyl halides is 1. The highest BCUT2D eigenvalue weighted by Gasteiger charge is 2.36. The minimum Gasteiger partial charge on any atom is -0.478 e. The lowest BCUT2D eigenvalue weighted by Crippen LogP contribution is -2.18. The van der Waals surface area contributed by atoms with Crippen LogP contribution in [0.2, 0.25) is 15.1 Å². The molecule has 2 heterocycles. The molecule has 10 heteroatoms. The van der Waals surface area contributed by atoms with Crippen LogP contribution in [0.1, 0.15) is 41.1 Å². The molecule has 0 atom stereocenters. The number of carboxylic acid groups (broad SMARTS) is 1. The number of hydrogen-bond donors (Lipinski definition) is 1. The van der Waals surface area contributed by atoms with E-state index >= 15 is 4.39 Å². The van der Waals surface area contributed by atoms with Crippen LogP contribution in [0.3, 0.4) is 0 Å². The molecule has 2 aromatic heterocycles. The van der Waals surface area contributed by atoms with Crippen molar-refractivity contribution >= 4 is 63.7 Å². The van der Waals surface area contributed by atoms with Gasteiger partial charge in [-0.2, -0.15) is 0 Å². The fourth-order valence-electron chi connectivity index (χ4n) is 3.94. The number of nitrogens with zero attached hydrogens (tertiary/aromatic N) is 2. The van der Waals surface area contributed by atoms with E-state index in [-0.39, 0.29) is 37.6 Å². The lowest BCUT2D eigenvalue weighted by atomic mass is 9.98. The average Bonchev–Trinajstić information content (AvgIpc) is 3.33. The third-order valence-electron chi connectivity index (χ3n) is 5.37. The number of aryl methyl sites for hydroxylation is 1. The van der Waals surface area contributed by atoms with Gasteiger partial charge in [-0.25, -0.2) is 9.18 Å². The first-order chi connectivity index (χ1) is 16.4. The summed E-state index contributed by atoms with van der Waals surface area (Å²) in [6.07, 6.45) is 4.04. The third kappa shape index (κ3) is 4.59. The molecule has 180 valence electrons. The second-order valence-electron chi connectivity index (χ2n) is 8.35. The monoisotopic (exact) mass is 534 g/mol. The fourth-order valence-corrected chi connectivity index (χ4v) is 4.93. The van der Waals surface area contributed by atoms with Gasteiger partial charge in [0.05, 0.1) is 15.6 Å². The van der Waals surface area contributed by atoms with E-state index in [0.29, 0.717) is 22.0 Å². The zero-order valence-corrected chi connectivity index (χ0v) is 21.0. The zero-order valence-electron chi connectivity index (χ0n) is 18.7. The van der Waals surface area contributed by atoms with E-state index in [1.165, 1.54) is 36.6 Å². The van der Waals surface area contributed by atoms with Crippen molar-refractivity contribution in [3.05, 3.63) is 80.1 Å². The highest BCUT2D eigenvalue weighted by molar-refractivity contribution is 6.42. The fraction of sp³-hybridized carbons (Fsp3) is 0.160. The molecule has 0 fully saturated rings. The van der Waals surface area contributed by atoms with Crippen LogP contribution in [0.25, 0.3) is 28.2 Å². The molecule has 0 aliphatic carbocycles. The number of fused-ring (bicyclic) bond motifs is 1. The summed E-state index contributed by atoms with van der Waals surface area (Å²) < 4.78 is 21.8. The van der Waals surface area contributed by atoms with Crippen molar-refractivity contribution in [1.82, 2.24) is 9.72 Å². The van der Waals surface area contributed by atoms with Gasteiger partial charge in [0, 0.05) is 28.2 Å². The topological polar surface area (TPSA) is 85.3 Å².